The van der Waals surface area contributed by atoms with E-state index < -0.39 is 12.1 Å². The molecule has 0 saturated carbocycles. The second-order valence-electron chi connectivity index (χ2n) is 4.49. The van der Waals surface area contributed by atoms with Crippen molar-refractivity contribution in [2.24, 2.45) is 5.92 Å². The van der Waals surface area contributed by atoms with Crippen LogP contribution in [0.2, 0.25) is 0 Å². The lowest BCUT2D eigenvalue weighted by Crippen LogP contribution is -2.22. The summed E-state index contributed by atoms with van der Waals surface area (Å²) in [6, 6.07) is 9.96. The SMILES string of the molecule is COC(=O)[C@H](/C=C/[C@H](C)[C@@H](OC)c1ccccc1)OC. The highest BCUT2D eigenvalue weighted by molar-refractivity contribution is 5.76. The Kier molecular flexibility index (Phi) is 6.98. The van der Waals surface area contributed by atoms with Gasteiger partial charge in [-0.15, -0.1) is 0 Å². The molecule has 0 N–H and O–H groups in total. The summed E-state index contributed by atoms with van der Waals surface area (Å²) < 4.78 is 15.3. The molecule has 0 bridgehead atoms. The third-order valence-electron chi connectivity index (χ3n) is 3.14. The summed E-state index contributed by atoms with van der Waals surface area (Å²) >= 11 is 0. The van der Waals surface area contributed by atoms with E-state index in [1.54, 1.807) is 13.2 Å². The number of hydrogen-bond acceptors (Lipinski definition) is 4. The summed E-state index contributed by atoms with van der Waals surface area (Å²) in [7, 11) is 4.49. The summed E-state index contributed by atoms with van der Waals surface area (Å²) in [4.78, 5) is 11.4. The first-order valence-corrected chi connectivity index (χ1v) is 6.50. The fraction of sp³-hybridized carbons (Fsp3) is 0.438. The van der Waals surface area contributed by atoms with Gasteiger partial charge < -0.3 is 14.2 Å². The van der Waals surface area contributed by atoms with Crippen LogP contribution in [0.15, 0.2) is 42.5 Å². The van der Waals surface area contributed by atoms with E-state index in [1.165, 1.54) is 14.2 Å². The normalized spacial score (nSPS) is 15.8. The van der Waals surface area contributed by atoms with E-state index in [-0.39, 0.29) is 12.0 Å². The van der Waals surface area contributed by atoms with Gasteiger partial charge in [-0.1, -0.05) is 43.3 Å². The van der Waals surface area contributed by atoms with Crippen LogP contribution in [0.1, 0.15) is 18.6 Å². The van der Waals surface area contributed by atoms with Gasteiger partial charge in [-0.25, -0.2) is 4.79 Å². The minimum Gasteiger partial charge on any atom is -0.467 e. The van der Waals surface area contributed by atoms with Crippen molar-refractivity contribution in [2.45, 2.75) is 19.1 Å². The highest BCUT2D eigenvalue weighted by Crippen LogP contribution is 2.26. The van der Waals surface area contributed by atoms with Crippen molar-refractivity contribution < 1.29 is 19.0 Å². The molecule has 110 valence electrons. The van der Waals surface area contributed by atoms with Gasteiger partial charge in [0, 0.05) is 20.1 Å². The van der Waals surface area contributed by atoms with E-state index >= 15 is 0 Å². The molecule has 0 saturated heterocycles. The fourth-order valence-corrected chi connectivity index (χ4v) is 2.04. The second kappa shape index (κ2) is 8.51. The molecule has 0 spiro atoms. The molecule has 1 aromatic rings. The largest absolute Gasteiger partial charge is 0.467 e. The molecule has 0 aliphatic carbocycles. The molecule has 0 aromatic heterocycles. The van der Waals surface area contributed by atoms with Crippen LogP contribution in [-0.4, -0.2) is 33.4 Å². The topological polar surface area (TPSA) is 44.8 Å². The zero-order chi connectivity index (χ0) is 15.0. The molecule has 3 atom stereocenters. The van der Waals surface area contributed by atoms with Crippen molar-refractivity contribution in [1.29, 1.82) is 0 Å². The van der Waals surface area contributed by atoms with Crippen LogP contribution in [0.25, 0.3) is 0 Å². The van der Waals surface area contributed by atoms with Crippen molar-refractivity contribution in [3.8, 4) is 0 Å². The minimum atomic E-state index is -0.685. The monoisotopic (exact) mass is 278 g/mol. The molecule has 0 aliphatic heterocycles. The fourth-order valence-electron chi connectivity index (χ4n) is 2.04. The Morgan fingerprint density at radius 2 is 1.70 bits per heavy atom. The first-order chi connectivity index (χ1) is 9.63. The third-order valence-corrected chi connectivity index (χ3v) is 3.14. The third kappa shape index (κ3) is 4.47. The van der Waals surface area contributed by atoms with E-state index in [0.717, 1.165) is 5.56 Å². The van der Waals surface area contributed by atoms with Crippen molar-refractivity contribution >= 4 is 5.97 Å². The predicted octanol–water partition coefficient (Wildman–Crippen LogP) is 2.75. The van der Waals surface area contributed by atoms with E-state index in [2.05, 4.69) is 4.74 Å². The number of benzene rings is 1. The van der Waals surface area contributed by atoms with Gasteiger partial charge in [0.1, 0.15) is 0 Å². The smallest absolute Gasteiger partial charge is 0.339 e. The molecular formula is C16H22O4. The first-order valence-electron chi connectivity index (χ1n) is 6.50. The van der Waals surface area contributed by atoms with Crippen molar-refractivity contribution in [1.82, 2.24) is 0 Å². The standard InChI is InChI=1S/C16H22O4/c1-12(10-11-14(18-2)16(17)20-4)15(19-3)13-8-6-5-7-9-13/h5-12,14-15H,1-4H3/b11-10+/t12-,14-,15+/m0/s1. The van der Waals surface area contributed by atoms with Gasteiger partial charge in [0.15, 0.2) is 6.10 Å². The average molecular weight is 278 g/mol. The lowest BCUT2D eigenvalue weighted by Gasteiger charge is -2.21. The van der Waals surface area contributed by atoms with Crippen molar-refractivity contribution in [3.63, 3.8) is 0 Å². The van der Waals surface area contributed by atoms with Crippen molar-refractivity contribution in [3.05, 3.63) is 48.0 Å². The number of methoxy groups -OCH3 is 3. The number of rotatable bonds is 7. The lowest BCUT2D eigenvalue weighted by atomic mass is 9.96. The molecule has 20 heavy (non-hydrogen) atoms. The number of esters is 1. The van der Waals surface area contributed by atoms with E-state index in [0.29, 0.717) is 0 Å². The Morgan fingerprint density at radius 1 is 1.05 bits per heavy atom. The predicted molar refractivity (Wildman–Crippen MR) is 77.3 cm³/mol. The molecule has 1 rings (SSSR count). The Morgan fingerprint density at radius 3 is 2.20 bits per heavy atom. The molecule has 1 aromatic carbocycles. The highest BCUT2D eigenvalue weighted by atomic mass is 16.6. The Bertz CT molecular complexity index is 427. The van der Waals surface area contributed by atoms with Crippen LogP contribution < -0.4 is 0 Å². The summed E-state index contributed by atoms with van der Waals surface area (Å²) in [5.41, 5.74) is 1.10. The van der Waals surface area contributed by atoms with Gasteiger partial charge in [0.25, 0.3) is 0 Å². The molecule has 4 heteroatoms. The van der Waals surface area contributed by atoms with Crippen LogP contribution in [0.5, 0.6) is 0 Å². The minimum absolute atomic E-state index is 0.0670. The van der Waals surface area contributed by atoms with Gasteiger partial charge in [0.2, 0.25) is 0 Å². The number of carbonyl (C=O) groups is 1. The van der Waals surface area contributed by atoms with Crippen LogP contribution in [-0.2, 0) is 19.0 Å². The molecule has 4 nitrogen and oxygen atoms in total. The van der Waals surface area contributed by atoms with Crippen LogP contribution in [0.4, 0.5) is 0 Å². The molecule has 0 amide bonds. The quantitative estimate of drug-likeness (QED) is 0.568. The zero-order valence-corrected chi connectivity index (χ0v) is 12.4. The Balaban J connectivity index is 2.77. The van der Waals surface area contributed by atoms with Crippen LogP contribution in [0, 0.1) is 5.92 Å². The average Bonchev–Trinajstić information content (AvgIpc) is 2.49. The summed E-state index contributed by atoms with van der Waals surface area (Å²) in [5.74, 6) is -0.311. The van der Waals surface area contributed by atoms with Gasteiger partial charge in [-0.2, -0.15) is 0 Å². The van der Waals surface area contributed by atoms with Gasteiger partial charge in [0.05, 0.1) is 13.2 Å². The Hall–Kier alpha value is -1.65. The van der Waals surface area contributed by atoms with E-state index in [4.69, 9.17) is 9.47 Å². The van der Waals surface area contributed by atoms with Gasteiger partial charge >= 0.3 is 5.97 Å². The summed E-state index contributed by atoms with van der Waals surface area (Å²) in [5, 5.41) is 0. The number of hydrogen-bond donors (Lipinski definition) is 0. The maximum absolute atomic E-state index is 11.4. The maximum Gasteiger partial charge on any atom is 0.339 e. The van der Waals surface area contributed by atoms with Crippen molar-refractivity contribution in [2.75, 3.05) is 21.3 Å². The molecule has 0 unspecified atom stereocenters. The van der Waals surface area contributed by atoms with E-state index in [9.17, 15) is 4.79 Å². The Labute approximate surface area is 120 Å². The van der Waals surface area contributed by atoms with Gasteiger partial charge in [-0.05, 0) is 11.6 Å². The van der Waals surface area contributed by atoms with Crippen LogP contribution in [0.3, 0.4) is 0 Å². The lowest BCUT2D eigenvalue weighted by molar-refractivity contribution is -0.149. The van der Waals surface area contributed by atoms with Crippen LogP contribution >= 0.6 is 0 Å². The molecule has 0 aliphatic rings. The zero-order valence-electron chi connectivity index (χ0n) is 12.4. The highest BCUT2D eigenvalue weighted by Gasteiger charge is 2.19. The number of carbonyl (C=O) groups excluding carboxylic acids is 1. The first kappa shape index (κ1) is 16.4. The number of ether oxygens (including phenoxy) is 3. The second-order valence-corrected chi connectivity index (χ2v) is 4.49. The molecule has 0 fully saturated rings. The summed E-state index contributed by atoms with van der Waals surface area (Å²) in [6.45, 7) is 2.03. The summed E-state index contributed by atoms with van der Waals surface area (Å²) in [6.07, 6.45) is 2.86. The molecule has 0 radical (unpaired) electrons. The van der Waals surface area contributed by atoms with E-state index in [1.807, 2.05) is 43.3 Å². The van der Waals surface area contributed by atoms with Gasteiger partial charge in [-0.3, -0.25) is 0 Å². The molecule has 0 heterocycles. The maximum atomic E-state index is 11.4. The molecular weight excluding hydrogens is 256 g/mol.